The molecule has 0 aromatic rings. The minimum absolute atomic E-state index is 0.00930. The molecule has 38 heavy (non-hydrogen) atoms. The molecular formula is C28H35FO9. The van der Waals surface area contributed by atoms with Crippen LogP contribution in [0.4, 0.5) is 14.0 Å². The molecule has 0 aromatic heterocycles. The third-order valence-corrected chi connectivity index (χ3v) is 9.45. The molecule has 0 radical (unpaired) electrons. The van der Waals surface area contributed by atoms with Crippen LogP contribution in [0.1, 0.15) is 60.3 Å². The quantitative estimate of drug-likeness (QED) is 0.454. The van der Waals surface area contributed by atoms with E-state index in [1.165, 1.54) is 18.2 Å². The molecule has 0 amide bonds. The number of hydrogen-bond donors (Lipinski definition) is 0. The number of fused-ring (bicyclic) bond motifs is 5. The average Bonchev–Trinajstić information content (AvgIpc) is 3.06. The second kappa shape index (κ2) is 9.61. The lowest BCUT2D eigenvalue weighted by molar-refractivity contribution is -0.191. The van der Waals surface area contributed by atoms with Crippen LogP contribution in [-0.4, -0.2) is 60.8 Å². The molecule has 7 atom stereocenters. The minimum Gasteiger partial charge on any atom is -0.435 e. The van der Waals surface area contributed by atoms with Gasteiger partial charge in [0.15, 0.2) is 29.4 Å². The number of alkyl halides is 1. The molecule has 0 aromatic carbocycles. The normalized spacial score (nSPS) is 39.3. The maximum atomic E-state index is 17.3. The number of carbonyl (C=O) groups excluding carboxylic acids is 5. The van der Waals surface area contributed by atoms with Crippen LogP contribution in [0.3, 0.4) is 0 Å². The summed E-state index contributed by atoms with van der Waals surface area (Å²) in [5.74, 6) is -3.62. The van der Waals surface area contributed by atoms with Crippen LogP contribution >= 0.6 is 0 Å². The number of ether oxygens (including phenoxy) is 4. The van der Waals surface area contributed by atoms with E-state index < -0.39 is 70.3 Å². The van der Waals surface area contributed by atoms with Crippen molar-refractivity contribution in [2.75, 3.05) is 19.8 Å². The molecule has 4 aliphatic carbocycles. The fourth-order valence-corrected chi connectivity index (χ4v) is 7.80. The van der Waals surface area contributed by atoms with Crippen molar-refractivity contribution in [3.8, 4) is 0 Å². The van der Waals surface area contributed by atoms with Gasteiger partial charge in [0, 0.05) is 29.1 Å². The van der Waals surface area contributed by atoms with Gasteiger partial charge in [-0.3, -0.25) is 14.4 Å². The summed E-state index contributed by atoms with van der Waals surface area (Å²) >= 11 is 0. The Hall–Kier alpha value is -3.04. The molecule has 10 heteroatoms. The third-order valence-electron chi connectivity index (χ3n) is 9.45. The molecule has 0 saturated heterocycles. The number of hydrogen-bond acceptors (Lipinski definition) is 9. The maximum Gasteiger partial charge on any atom is 0.509 e. The first-order chi connectivity index (χ1) is 17.8. The van der Waals surface area contributed by atoms with Crippen LogP contribution in [0.15, 0.2) is 23.8 Å². The predicted molar refractivity (Wildman–Crippen MR) is 131 cm³/mol. The number of halogens is 1. The van der Waals surface area contributed by atoms with Crippen molar-refractivity contribution in [3.05, 3.63) is 23.8 Å². The summed E-state index contributed by atoms with van der Waals surface area (Å²) in [6.07, 6.45) is 2.69. The van der Waals surface area contributed by atoms with Gasteiger partial charge in [0.25, 0.3) is 0 Å². The Morgan fingerprint density at radius 2 is 1.68 bits per heavy atom. The zero-order valence-corrected chi connectivity index (χ0v) is 22.5. The van der Waals surface area contributed by atoms with E-state index in [0.717, 1.165) is 0 Å². The average molecular weight is 535 g/mol. The van der Waals surface area contributed by atoms with Crippen LogP contribution in [-0.2, 0) is 33.3 Å². The molecule has 3 fully saturated rings. The summed E-state index contributed by atoms with van der Waals surface area (Å²) < 4.78 is 37.9. The number of allylic oxidation sites excluding steroid dienone is 4. The van der Waals surface area contributed by atoms with Gasteiger partial charge in [-0.15, -0.1) is 0 Å². The Bertz CT molecular complexity index is 1130. The van der Waals surface area contributed by atoms with E-state index in [1.54, 1.807) is 34.6 Å². The van der Waals surface area contributed by atoms with Crippen molar-refractivity contribution in [3.63, 3.8) is 0 Å². The highest BCUT2D eigenvalue weighted by Crippen LogP contribution is 2.70. The smallest absolute Gasteiger partial charge is 0.435 e. The monoisotopic (exact) mass is 534 g/mol. The van der Waals surface area contributed by atoms with Crippen LogP contribution in [0.25, 0.3) is 0 Å². The molecule has 4 rings (SSSR count). The zero-order valence-electron chi connectivity index (χ0n) is 22.5. The molecule has 0 heterocycles. The van der Waals surface area contributed by atoms with Crippen molar-refractivity contribution in [1.82, 2.24) is 0 Å². The van der Waals surface area contributed by atoms with E-state index >= 15 is 4.39 Å². The molecular weight excluding hydrogens is 499 g/mol. The zero-order chi connectivity index (χ0) is 28.1. The number of rotatable bonds is 6. The number of Topliss-reactive ketones (excluding diaryl/α,β-unsaturated/α-hetero) is 2. The van der Waals surface area contributed by atoms with Gasteiger partial charge in [-0.2, -0.15) is 0 Å². The number of ketones is 3. The lowest BCUT2D eigenvalue weighted by Gasteiger charge is -2.59. The molecule has 0 unspecified atom stereocenters. The van der Waals surface area contributed by atoms with Gasteiger partial charge in [-0.05, 0) is 58.1 Å². The van der Waals surface area contributed by atoms with Crippen LogP contribution in [0.5, 0.6) is 0 Å². The van der Waals surface area contributed by atoms with Gasteiger partial charge in [0.05, 0.1) is 13.2 Å². The van der Waals surface area contributed by atoms with E-state index in [4.69, 9.17) is 18.9 Å². The predicted octanol–water partition coefficient (Wildman–Crippen LogP) is 4.47. The minimum atomic E-state index is -2.30. The highest BCUT2D eigenvalue weighted by molar-refractivity contribution is 6.03. The van der Waals surface area contributed by atoms with Crippen molar-refractivity contribution < 1.29 is 47.3 Å². The van der Waals surface area contributed by atoms with Gasteiger partial charge >= 0.3 is 12.3 Å². The van der Waals surface area contributed by atoms with Crippen molar-refractivity contribution in [2.24, 2.45) is 28.6 Å². The van der Waals surface area contributed by atoms with Gasteiger partial charge in [0.2, 0.25) is 5.78 Å². The maximum absolute atomic E-state index is 17.3. The van der Waals surface area contributed by atoms with E-state index in [0.29, 0.717) is 24.8 Å². The first-order valence-electron chi connectivity index (χ1n) is 13.2. The third kappa shape index (κ3) is 3.73. The highest BCUT2D eigenvalue weighted by atomic mass is 19.1. The van der Waals surface area contributed by atoms with Crippen molar-refractivity contribution in [2.45, 2.75) is 71.6 Å². The summed E-state index contributed by atoms with van der Waals surface area (Å²) in [6, 6.07) is 0. The molecule has 0 bridgehead atoms. The number of carbonyl (C=O) groups is 5. The summed E-state index contributed by atoms with van der Waals surface area (Å²) in [6.45, 7) is 7.48. The Balaban J connectivity index is 1.78. The molecule has 0 N–H and O–H groups in total. The Morgan fingerprint density at radius 1 is 1.03 bits per heavy atom. The van der Waals surface area contributed by atoms with Crippen LogP contribution in [0.2, 0.25) is 0 Å². The van der Waals surface area contributed by atoms with Gasteiger partial charge in [-0.1, -0.05) is 25.5 Å². The van der Waals surface area contributed by atoms with Crippen LogP contribution in [0, 0.1) is 28.6 Å². The SMILES string of the molecule is CCOC(=O)OCC(=O)[C@@]1(OC(=O)OCC)[C@H](C)C[C@H]2[C@@H]3CCC4=CC(=O)C=C[C@]4(C)[C@@]3(F)C(=O)C[C@@]21C. The Kier molecular flexibility index (Phi) is 7.08. The summed E-state index contributed by atoms with van der Waals surface area (Å²) in [4.78, 5) is 64.3. The summed E-state index contributed by atoms with van der Waals surface area (Å²) in [5, 5.41) is 0. The highest BCUT2D eigenvalue weighted by Gasteiger charge is 2.77. The molecule has 4 aliphatic rings. The molecule has 0 spiro atoms. The van der Waals surface area contributed by atoms with E-state index in [9.17, 15) is 24.0 Å². The van der Waals surface area contributed by atoms with E-state index in [1.807, 2.05) is 0 Å². The Labute approximate surface area is 221 Å². The fourth-order valence-electron chi connectivity index (χ4n) is 7.80. The van der Waals surface area contributed by atoms with Crippen molar-refractivity contribution in [1.29, 1.82) is 0 Å². The molecule has 3 saturated carbocycles. The topological polar surface area (TPSA) is 122 Å². The fraction of sp³-hybridized carbons (Fsp3) is 0.679. The van der Waals surface area contributed by atoms with Crippen molar-refractivity contribution >= 4 is 29.7 Å². The Morgan fingerprint density at radius 3 is 2.34 bits per heavy atom. The second-order valence-corrected chi connectivity index (χ2v) is 11.1. The summed E-state index contributed by atoms with van der Waals surface area (Å²) in [7, 11) is 0. The van der Waals surface area contributed by atoms with Gasteiger partial charge in [-0.25, -0.2) is 14.0 Å². The molecule has 208 valence electrons. The van der Waals surface area contributed by atoms with Gasteiger partial charge in [0.1, 0.15) is 0 Å². The lowest BCUT2D eigenvalue weighted by atomic mass is 9.45. The van der Waals surface area contributed by atoms with Crippen LogP contribution < -0.4 is 0 Å². The molecule has 9 nitrogen and oxygen atoms in total. The second-order valence-electron chi connectivity index (χ2n) is 11.1. The first kappa shape index (κ1) is 28.0. The largest absolute Gasteiger partial charge is 0.509 e. The summed E-state index contributed by atoms with van der Waals surface area (Å²) in [5.41, 5.74) is -6.21. The van der Waals surface area contributed by atoms with E-state index in [-0.39, 0.29) is 25.4 Å². The lowest BCUT2D eigenvalue weighted by Crippen LogP contribution is -2.68. The van der Waals surface area contributed by atoms with E-state index in [2.05, 4.69) is 0 Å². The first-order valence-corrected chi connectivity index (χ1v) is 13.2. The standard InChI is InChI=1S/C28H35FO9/c1-6-35-23(33)37-15-22(32)28(38-24(34)36-7-2)16(3)12-20-19-9-8-17-13-18(30)10-11-25(17,4)27(19,29)21(31)14-26(20,28)5/h10-11,13,16,19-20H,6-9,12,14-15H2,1-5H3/t16-,19+,20+,25+,26+,27+,28+/m1/s1. The van der Waals surface area contributed by atoms with Gasteiger partial charge < -0.3 is 18.9 Å². The molecule has 0 aliphatic heterocycles.